The fraction of sp³-hybridized carbons (Fsp3) is 0.357. The van der Waals surface area contributed by atoms with Crippen LogP contribution < -0.4 is 4.72 Å². The largest absolute Gasteiger partial charge is 0.478 e. The van der Waals surface area contributed by atoms with E-state index in [4.69, 9.17) is 11.5 Å². The molecule has 0 aromatic heterocycles. The average molecular weight is 313 g/mol. The molecule has 0 spiro atoms. The number of aromatic carboxylic acids is 1. The molecule has 0 fully saturated rings. The van der Waals surface area contributed by atoms with E-state index in [9.17, 15) is 17.6 Å². The number of carbonyl (C=O) groups is 1. The summed E-state index contributed by atoms with van der Waals surface area (Å²) in [5.74, 6) is 0.0628. The molecule has 0 saturated carbocycles. The van der Waals surface area contributed by atoms with E-state index in [0.717, 1.165) is 12.1 Å². The van der Waals surface area contributed by atoms with Crippen LogP contribution in [0.1, 0.15) is 35.7 Å². The van der Waals surface area contributed by atoms with Crippen molar-refractivity contribution in [1.82, 2.24) is 4.72 Å². The lowest BCUT2D eigenvalue weighted by molar-refractivity contribution is 0.0696. The molecular weight excluding hydrogens is 297 g/mol. The Bertz CT molecular complexity index is 692. The monoisotopic (exact) mass is 313 g/mol. The Morgan fingerprint density at radius 2 is 2.14 bits per heavy atom. The summed E-state index contributed by atoms with van der Waals surface area (Å²) in [6, 6.07) is 1.23. The van der Waals surface area contributed by atoms with Gasteiger partial charge in [-0.15, -0.1) is 12.3 Å². The quantitative estimate of drug-likeness (QED) is 0.786. The Morgan fingerprint density at radius 1 is 1.52 bits per heavy atom. The van der Waals surface area contributed by atoms with Gasteiger partial charge in [0.25, 0.3) is 0 Å². The van der Waals surface area contributed by atoms with E-state index in [1.807, 2.05) is 0 Å². The first-order valence-electron chi connectivity index (χ1n) is 6.22. The number of benzene rings is 1. The fourth-order valence-corrected chi connectivity index (χ4v) is 3.35. The standard InChI is InChI=1S/C14H16FNO4S/c1-4-6-11(5-2)16-21(19,20)13-8-10(14(17)18)7-12(15)9(13)3/h1,7-8,11,16H,5-6H2,2-3H3,(H,17,18). The molecule has 21 heavy (non-hydrogen) atoms. The zero-order chi connectivity index (χ0) is 16.2. The molecule has 1 atom stereocenters. The molecule has 1 aromatic carbocycles. The summed E-state index contributed by atoms with van der Waals surface area (Å²) >= 11 is 0. The van der Waals surface area contributed by atoms with Crippen molar-refractivity contribution in [3.05, 3.63) is 29.1 Å². The molecule has 114 valence electrons. The summed E-state index contributed by atoms with van der Waals surface area (Å²) < 4.78 is 40.6. The second kappa shape index (κ2) is 6.70. The van der Waals surface area contributed by atoms with Crippen LogP contribution in [-0.4, -0.2) is 25.5 Å². The van der Waals surface area contributed by atoms with Gasteiger partial charge in [-0.05, 0) is 25.5 Å². The van der Waals surface area contributed by atoms with Crippen molar-refractivity contribution in [3.63, 3.8) is 0 Å². The summed E-state index contributed by atoms with van der Waals surface area (Å²) in [5, 5.41) is 8.89. The predicted molar refractivity (Wildman–Crippen MR) is 75.9 cm³/mol. The summed E-state index contributed by atoms with van der Waals surface area (Å²) in [4.78, 5) is 10.5. The maximum atomic E-state index is 13.7. The molecule has 5 nitrogen and oxygen atoms in total. The molecule has 7 heteroatoms. The van der Waals surface area contributed by atoms with Gasteiger partial charge in [0.1, 0.15) is 5.82 Å². The lowest BCUT2D eigenvalue weighted by atomic mass is 10.1. The van der Waals surface area contributed by atoms with E-state index in [1.165, 1.54) is 6.92 Å². The van der Waals surface area contributed by atoms with Crippen molar-refractivity contribution < 1.29 is 22.7 Å². The number of carboxylic acid groups (broad SMARTS) is 1. The van der Waals surface area contributed by atoms with Gasteiger partial charge in [0, 0.05) is 18.0 Å². The predicted octanol–water partition coefficient (Wildman–Crippen LogP) is 1.91. The van der Waals surface area contributed by atoms with E-state index in [1.54, 1.807) is 6.92 Å². The molecule has 0 heterocycles. The molecule has 1 aromatic rings. The molecule has 0 aliphatic carbocycles. The fourth-order valence-electron chi connectivity index (χ4n) is 1.75. The zero-order valence-electron chi connectivity index (χ0n) is 11.7. The van der Waals surface area contributed by atoms with Gasteiger partial charge >= 0.3 is 5.97 Å². The normalized spacial score (nSPS) is 12.7. The maximum absolute atomic E-state index is 13.7. The SMILES string of the molecule is C#CCC(CC)NS(=O)(=O)c1cc(C(=O)O)cc(F)c1C. The molecule has 1 unspecified atom stereocenters. The smallest absolute Gasteiger partial charge is 0.335 e. The number of halogens is 1. The first kappa shape index (κ1) is 17.1. The van der Waals surface area contributed by atoms with Crippen LogP contribution in [0.5, 0.6) is 0 Å². The highest BCUT2D eigenvalue weighted by Crippen LogP contribution is 2.21. The lowest BCUT2D eigenvalue weighted by Crippen LogP contribution is -2.34. The number of carboxylic acids is 1. The molecule has 0 bridgehead atoms. The Balaban J connectivity index is 3.31. The Kier molecular flexibility index (Phi) is 5.47. The summed E-state index contributed by atoms with van der Waals surface area (Å²) in [5.41, 5.74) is -0.563. The number of terminal acetylenes is 1. The van der Waals surface area contributed by atoms with Crippen LogP contribution >= 0.6 is 0 Å². The van der Waals surface area contributed by atoms with Crippen LogP contribution in [0.4, 0.5) is 4.39 Å². The van der Waals surface area contributed by atoms with E-state index in [0.29, 0.717) is 6.42 Å². The second-order valence-electron chi connectivity index (χ2n) is 4.52. The summed E-state index contributed by atoms with van der Waals surface area (Å²) in [6.07, 6.45) is 5.81. The molecule has 0 aliphatic rings. The number of rotatable bonds is 6. The van der Waals surface area contributed by atoms with Gasteiger partial charge < -0.3 is 5.11 Å². The van der Waals surface area contributed by atoms with Gasteiger partial charge in [-0.1, -0.05) is 6.92 Å². The van der Waals surface area contributed by atoms with E-state index in [-0.39, 0.29) is 12.0 Å². The van der Waals surface area contributed by atoms with Crippen molar-refractivity contribution in [3.8, 4) is 12.3 Å². The molecule has 0 amide bonds. The first-order chi connectivity index (χ1) is 9.72. The number of hydrogen-bond donors (Lipinski definition) is 2. The van der Waals surface area contributed by atoms with Crippen molar-refractivity contribution in [2.75, 3.05) is 0 Å². The number of nitrogens with one attached hydrogen (secondary N) is 1. The Labute approximate surface area is 123 Å². The van der Waals surface area contributed by atoms with Gasteiger partial charge in [0.2, 0.25) is 10.0 Å². The van der Waals surface area contributed by atoms with Crippen LogP contribution in [0.3, 0.4) is 0 Å². The Hall–Kier alpha value is -1.91. The molecule has 0 aliphatic heterocycles. The third-order valence-electron chi connectivity index (χ3n) is 3.01. The first-order valence-corrected chi connectivity index (χ1v) is 7.70. The van der Waals surface area contributed by atoms with Gasteiger partial charge in [-0.25, -0.2) is 22.3 Å². The number of sulfonamides is 1. The minimum absolute atomic E-state index is 0.136. The molecule has 2 N–H and O–H groups in total. The number of hydrogen-bond acceptors (Lipinski definition) is 3. The lowest BCUT2D eigenvalue weighted by Gasteiger charge is -2.16. The minimum Gasteiger partial charge on any atom is -0.478 e. The average Bonchev–Trinajstić information content (AvgIpc) is 2.40. The molecule has 0 radical (unpaired) electrons. The van der Waals surface area contributed by atoms with Crippen molar-refractivity contribution in [2.24, 2.45) is 0 Å². The highest BCUT2D eigenvalue weighted by atomic mass is 32.2. The highest BCUT2D eigenvalue weighted by molar-refractivity contribution is 7.89. The Morgan fingerprint density at radius 3 is 2.62 bits per heavy atom. The van der Waals surface area contributed by atoms with Crippen molar-refractivity contribution >= 4 is 16.0 Å². The van der Waals surface area contributed by atoms with E-state index >= 15 is 0 Å². The van der Waals surface area contributed by atoms with Crippen molar-refractivity contribution in [1.29, 1.82) is 0 Å². The molecule has 1 rings (SSSR count). The maximum Gasteiger partial charge on any atom is 0.335 e. The second-order valence-corrected chi connectivity index (χ2v) is 6.20. The van der Waals surface area contributed by atoms with Crippen molar-refractivity contribution in [2.45, 2.75) is 37.6 Å². The van der Waals surface area contributed by atoms with E-state index in [2.05, 4.69) is 10.6 Å². The van der Waals surface area contributed by atoms with Crippen LogP contribution in [-0.2, 0) is 10.0 Å². The molecular formula is C14H16FNO4S. The third-order valence-corrected chi connectivity index (χ3v) is 4.66. The topological polar surface area (TPSA) is 83.5 Å². The van der Waals surface area contributed by atoms with Crippen LogP contribution in [0.15, 0.2) is 17.0 Å². The van der Waals surface area contributed by atoms with Gasteiger partial charge in [0.15, 0.2) is 0 Å². The van der Waals surface area contributed by atoms with Gasteiger partial charge in [-0.3, -0.25) is 0 Å². The minimum atomic E-state index is -4.05. The third kappa shape index (κ3) is 4.03. The zero-order valence-corrected chi connectivity index (χ0v) is 12.5. The van der Waals surface area contributed by atoms with Crippen LogP contribution in [0.2, 0.25) is 0 Å². The van der Waals surface area contributed by atoms with Crippen LogP contribution in [0.25, 0.3) is 0 Å². The van der Waals surface area contributed by atoms with E-state index < -0.39 is 38.3 Å². The van der Waals surface area contributed by atoms with Gasteiger partial charge in [-0.2, -0.15) is 0 Å². The highest BCUT2D eigenvalue weighted by Gasteiger charge is 2.24. The van der Waals surface area contributed by atoms with Crippen LogP contribution in [0, 0.1) is 25.1 Å². The molecule has 0 saturated heterocycles. The summed E-state index contributed by atoms with van der Waals surface area (Å²) in [7, 11) is -4.05. The summed E-state index contributed by atoms with van der Waals surface area (Å²) in [6.45, 7) is 3.03. The van der Waals surface area contributed by atoms with Gasteiger partial charge in [0.05, 0.1) is 10.5 Å².